The summed E-state index contributed by atoms with van der Waals surface area (Å²) in [6.07, 6.45) is 4.29. The van der Waals surface area contributed by atoms with Crippen LogP contribution in [-0.2, 0) is 15.1 Å². The zero-order valence-corrected chi connectivity index (χ0v) is 23.7. The first-order chi connectivity index (χ1) is 19.3. The summed E-state index contributed by atoms with van der Waals surface area (Å²) in [5, 5.41) is 18.5. The van der Waals surface area contributed by atoms with E-state index in [4.69, 9.17) is 4.74 Å². The van der Waals surface area contributed by atoms with Crippen LogP contribution in [0.3, 0.4) is 0 Å². The highest BCUT2D eigenvalue weighted by Gasteiger charge is 2.44. The predicted molar refractivity (Wildman–Crippen MR) is 151 cm³/mol. The number of piperidine rings is 1. The third kappa shape index (κ3) is 6.58. The standard InChI is InChI=1S/C31H42FN3O5/c1-33-24-14-13-22(18-24)29(36)35-17-6-9-23(20-35)31(38,15-7-16-34-30(37)40-3)26-11-5-12-27(32)28(26)21-8-4-10-25(19-21)39-2/h4-5,8,10-12,19,22-24,33,38H,6-7,9,13-18,20H2,1-3H3,(H,34,37). The zero-order chi connectivity index (χ0) is 28.7. The Morgan fingerprint density at radius 2 is 1.95 bits per heavy atom. The number of hydrogen-bond donors (Lipinski definition) is 3. The highest BCUT2D eigenvalue weighted by atomic mass is 19.1. The van der Waals surface area contributed by atoms with Crippen molar-refractivity contribution in [1.29, 1.82) is 0 Å². The number of carbonyl (C=O) groups excluding carboxylic acids is 2. The molecule has 4 rings (SSSR count). The van der Waals surface area contributed by atoms with Gasteiger partial charge in [0.15, 0.2) is 0 Å². The van der Waals surface area contributed by atoms with Gasteiger partial charge in [0.1, 0.15) is 11.6 Å². The third-order valence-corrected chi connectivity index (χ3v) is 8.63. The van der Waals surface area contributed by atoms with Crippen LogP contribution in [0.2, 0.25) is 0 Å². The molecule has 1 aliphatic carbocycles. The van der Waals surface area contributed by atoms with Crippen LogP contribution in [0.25, 0.3) is 11.1 Å². The SMILES string of the molecule is CNC1CCC(C(=O)N2CCCC(C(O)(CCCNC(=O)OC)c3cccc(F)c3-c3cccc(OC)c3)C2)C1. The van der Waals surface area contributed by atoms with Gasteiger partial charge >= 0.3 is 6.09 Å². The number of halogens is 1. The van der Waals surface area contributed by atoms with Gasteiger partial charge in [0.2, 0.25) is 5.91 Å². The Morgan fingerprint density at radius 1 is 1.15 bits per heavy atom. The van der Waals surface area contributed by atoms with E-state index in [9.17, 15) is 14.7 Å². The summed E-state index contributed by atoms with van der Waals surface area (Å²) in [5.74, 6) is -0.0384. The van der Waals surface area contributed by atoms with Crippen LogP contribution in [0, 0.1) is 17.7 Å². The lowest BCUT2D eigenvalue weighted by molar-refractivity contribution is -0.140. The Balaban J connectivity index is 1.67. The van der Waals surface area contributed by atoms with Crippen LogP contribution in [0.5, 0.6) is 5.75 Å². The molecule has 40 heavy (non-hydrogen) atoms. The van der Waals surface area contributed by atoms with Crippen molar-refractivity contribution in [3.63, 3.8) is 0 Å². The van der Waals surface area contributed by atoms with Crippen molar-refractivity contribution in [2.75, 3.05) is 40.9 Å². The summed E-state index contributed by atoms with van der Waals surface area (Å²) in [4.78, 5) is 27.1. The van der Waals surface area contributed by atoms with Gasteiger partial charge in [0.25, 0.3) is 0 Å². The molecule has 2 aromatic carbocycles. The summed E-state index contributed by atoms with van der Waals surface area (Å²) in [7, 11) is 4.79. The lowest BCUT2D eigenvalue weighted by Crippen LogP contribution is -2.50. The molecule has 218 valence electrons. The minimum Gasteiger partial charge on any atom is -0.497 e. The number of alkyl carbamates (subject to hydrolysis) is 1. The van der Waals surface area contributed by atoms with Gasteiger partial charge in [-0.3, -0.25) is 4.79 Å². The van der Waals surface area contributed by atoms with E-state index < -0.39 is 17.5 Å². The summed E-state index contributed by atoms with van der Waals surface area (Å²) in [5.41, 5.74) is -0.0398. The van der Waals surface area contributed by atoms with Gasteiger partial charge in [-0.1, -0.05) is 24.3 Å². The second-order valence-electron chi connectivity index (χ2n) is 11.0. The molecule has 2 aliphatic rings. The first-order valence-corrected chi connectivity index (χ1v) is 14.2. The predicted octanol–water partition coefficient (Wildman–Crippen LogP) is 4.45. The van der Waals surface area contributed by atoms with Crippen molar-refractivity contribution in [3.05, 3.63) is 53.8 Å². The van der Waals surface area contributed by atoms with E-state index in [-0.39, 0.29) is 24.2 Å². The van der Waals surface area contributed by atoms with E-state index in [0.29, 0.717) is 61.0 Å². The third-order valence-electron chi connectivity index (χ3n) is 8.63. The molecule has 1 saturated heterocycles. The van der Waals surface area contributed by atoms with E-state index in [1.54, 1.807) is 43.5 Å². The Hall–Kier alpha value is -3.17. The van der Waals surface area contributed by atoms with Crippen molar-refractivity contribution in [2.45, 2.75) is 56.6 Å². The van der Waals surface area contributed by atoms with Gasteiger partial charge in [0.05, 0.1) is 19.8 Å². The lowest BCUT2D eigenvalue weighted by atomic mass is 9.72. The summed E-state index contributed by atoms with van der Waals surface area (Å²) in [6, 6.07) is 12.3. The molecule has 1 heterocycles. The smallest absolute Gasteiger partial charge is 0.406 e. The van der Waals surface area contributed by atoms with Crippen LogP contribution >= 0.6 is 0 Å². The number of rotatable bonds is 10. The Morgan fingerprint density at radius 3 is 2.67 bits per heavy atom. The van der Waals surface area contributed by atoms with Crippen LogP contribution in [0.1, 0.15) is 50.5 Å². The van der Waals surface area contributed by atoms with Gasteiger partial charge in [-0.05, 0) is 81.3 Å². The average molecular weight is 556 g/mol. The van der Waals surface area contributed by atoms with Crippen molar-refractivity contribution < 1.29 is 28.6 Å². The van der Waals surface area contributed by atoms with Gasteiger partial charge in [0, 0.05) is 43.1 Å². The molecule has 0 aromatic heterocycles. The van der Waals surface area contributed by atoms with Crippen LogP contribution < -0.4 is 15.4 Å². The molecule has 2 aromatic rings. The van der Waals surface area contributed by atoms with E-state index >= 15 is 4.39 Å². The Labute approximate surface area is 236 Å². The van der Waals surface area contributed by atoms with Crippen molar-refractivity contribution in [1.82, 2.24) is 15.5 Å². The largest absolute Gasteiger partial charge is 0.497 e. The van der Waals surface area contributed by atoms with Gasteiger partial charge in [-0.2, -0.15) is 0 Å². The second kappa shape index (κ2) is 13.5. The van der Waals surface area contributed by atoms with Crippen molar-refractivity contribution in [2.24, 2.45) is 11.8 Å². The number of amides is 2. The highest BCUT2D eigenvalue weighted by Crippen LogP contribution is 2.45. The average Bonchev–Trinajstić information content (AvgIpc) is 3.48. The number of ether oxygens (including phenoxy) is 2. The maximum Gasteiger partial charge on any atom is 0.406 e. The molecular formula is C31H42FN3O5. The molecule has 9 heteroatoms. The maximum absolute atomic E-state index is 15.6. The number of methoxy groups -OCH3 is 2. The first kappa shape index (κ1) is 29.8. The first-order valence-electron chi connectivity index (χ1n) is 14.2. The van der Waals surface area contributed by atoms with Crippen molar-refractivity contribution >= 4 is 12.0 Å². The van der Waals surface area contributed by atoms with Gasteiger partial charge in [-0.15, -0.1) is 0 Å². The number of nitrogens with zero attached hydrogens (tertiary/aromatic N) is 1. The Kier molecular flexibility index (Phi) is 10.0. The quantitative estimate of drug-likeness (QED) is 0.375. The molecule has 1 saturated carbocycles. The number of aliphatic hydroxyl groups is 1. The molecule has 2 amide bonds. The van der Waals surface area contributed by atoms with Gasteiger partial charge < -0.3 is 30.1 Å². The molecule has 4 atom stereocenters. The number of nitrogens with one attached hydrogen (secondary N) is 2. The monoisotopic (exact) mass is 555 g/mol. The fraction of sp³-hybridized carbons (Fsp3) is 0.548. The van der Waals surface area contributed by atoms with Crippen LogP contribution in [-0.4, -0.2) is 69.0 Å². The number of benzene rings is 2. The molecule has 0 spiro atoms. The van der Waals surface area contributed by atoms with E-state index in [2.05, 4.69) is 15.4 Å². The zero-order valence-electron chi connectivity index (χ0n) is 23.7. The number of hydrogen-bond acceptors (Lipinski definition) is 6. The van der Waals surface area contributed by atoms with E-state index in [0.717, 1.165) is 25.7 Å². The molecule has 0 radical (unpaired) electrons. The normalized spacial score (nSPS) is 22.4. The van der Waals surface area contributed by atoms with Gasteiger partial charge in [-0.25, -0.2) is 9.18 Å². The minimum absolute atomic E-state index is 0.0185. The minimum atomic E-state index is -1.44. The van der Waals surface area contributed by atoms with E-state index in [1.165, 1.54) is 13.2 Å². The van der Waals surface area contributed by atoms with Crippen molar-refractivity contribution in [3.8, 4) is 16.9 Å². The van der Waals surface area contributed by atoms with Crippen LogP contribution in [0.15, 0.2) is 42.5 Å². The summed E-state index contributed by atoms with van der Waals surface area (Å²) >= 11 is 0. The fourth-order valence-electron chi connectivity index (χ4n) is 6.43. The molecular weight excluding hydrogens is 513 g/mol. The molecule has 1 aliphatic heterocycles. The maximum atomic E-state index is 15.6. The topological polar surface area (TPSA) is 100 Å². The highest BCUT2D eigenvalue weighted by molar-refractivity contribution is 5.79. The summed E-state index contributed by atoms with van der Waals surface area (Å²) < 4.78 is 25.7. The van der Waals surface area contributed by atoms with E-state index in [1.807, 2.05) is 11.9 Å². The second-order valence-corrected chi connectivity index (χ2v) is 11.0. The molecule has 0 bridgehead atoms. The molecule has 3 N–H and O–H groups in total. The lowest BCUT2D eigenvalue weighted by Gasteiger charge is -2.44. The fourth-order valence-corrected chi connectivity index (χ4v) is 6.43. The molecule has 8 nitrogen and oxygen atoms in total. The molecule has 2 fully saturated rings. The molecule has 4 unspecified atom stereocenters. The number of carbonyl (C=O) groups is 2. The number of likely N-dealkylation sites (tertiary alicyclic amines) is 1. The summed E-state index contributed by atoms with van der Waals surface area (Å²) in [6.45, 7) is 1.35. The van der Waals surface area contributed by atoms with Crippen LogP contribution in [0.4, 0.5) is 9.18 Å². The Bertz CT molecular complexity index is 1180.